The monoisotopic (exact) mass is 294 g/mol. The molecule has 2 heterocycles. The van der Waals surface area contributed by atoms with Gasteiger partial charge in [-0.1, -0.05) is 6.42 Å². The van der Waals surface area contributed by atoms with Gasteiger partial charge in [0.15, 0.2) is 0 Å². The van der Waals surface area contributed by atoms with Crippen molar-refractivity contribution in [3.8, 4) is 0 Å². The minimum absolute atomic E-state index is 0.0347. The van der Waals surface area contributed by atoms with Crippen LogP contribution in [0.4, 0.5) is 5.69 Å². The highest BCUT2D eigenvalue weighted by Gasteiger charge is 2.13. The van der Waals surface area contributed by atoms with Crippen LogP contribution in [0.3, 0.4) is 0 Å². The molecule has 0 amide bonds. The maximum atomic E-state index is 12.1. The Labute approximate surface area is 126 Å². The lowest BCUT2D eigenvalue weighted by Crippen LogP contribution is -2.36. The van der Waals surface area contributed by atoms with Gasteiger partial charge in [-0.15, -0.1) is 0 Å². The fourth-order valence-electron chi connectivity index (χ4n) is 2.61. The molecule has 0 aromatic carbocycles. The summed E-state index contributed by atoms with van der Waals surface area (Å²) in [5, 5.41) is 7.78. The van der Waals surface area contributed by atoms with Crippen LogP contribution in [-0.4, -0.2) is 49.7 Å². The van der Waals surface area contributed by atoms with Crippen LogP contribution in [0, 0.1) is 0 Å². The summed E-state index contributed by atoms with van der Waals surface area (Å²) in [4.78, 5) is 14.1. The van der Waals surface area contributed by atoms with Crippen molar-refractivity contribution in [2.24, 2.45) is 0 Å². The average Bonchev–Trinajstić information content (AvgIpc) is 2.52. The van der Waals surface area contributed by atoms with Gasteiger partial charge in [-0.2, -0.15) is 5.10 Å². The summed E-state index contributed by atoms with van der Waals surface area (Å²) in [7, 11) is 3.61. The Morgan fingerprint density at radius 1 is 1.52 bits per heavy atom. The molecule has 0 radical (unpaired) electrons. The smallest absolute Gasteiger partial charge is 0.268 e. The SMILES string of the molecule is COCCN(C)c1cnn(CCC2CCCCN2)c(=O)c1. The van der Waals surface area contributed by atoms with E-state index in [0.29, 0.717) is 19.2 Å². The van der Waals surface area contributed by atoms with Crippen molar-refractivity contribution in [1.29, 1.82) is 0 Å². The first-order chi connectivity index (χ1) is 10.2. The molecule has 6 heteroatoms. The lowest BCUT2D eigenvalue weighted by molar-refractivity contribution is 0.206. The molecule has 1 aliphatic rings. The second kappa shape index (κ2) is 8.14. The van der Waals surface area contributed by atoms with E-state index in [4.69, 9.17) is 4.74 Å². The van der Waals surface area contributed by atoms with Crippen LogP contribution in [0.1, 0.15) is 25.7 Å². The first-order valence-corrected chi connectivity index (χ1v) is 7.71. The number of ether oxygens (including phenoxy) is 1. The topological polar surface area (TPSA) is 59.4 Å². The maximum absolute atomic E-state index is 12.1. The van der Waals surface area contributed by atoms with Crippen molar-refractivity contribution in [2.75, 3.05) is 38.8 Å². The molecule has 0 bridgehead atoms. The molecule has 0 aliphatic carbocycles. The molecular formula is C15H26N4O2. The Kier molecular flexibility index (Phi) is 6.20. The Morgan fingerprint density at radius 3 is 3.05 bits per heavy atom. The van der Waals surface area contributed by atoms with Gasteiger partial charge < -0.3 is 15.0 Å². The van der Waals surface area contributed by atoms with Gasteiger partial charge in [0.05, 0.1) is 18.5 Å². The Balaban J connectivity index is 1.90. The van der Waals surface area contributed by atoms with Gasteiger partial charge in [-0.05, 0) is 25.8 Å². The predicted octanol–water partition coefficient (Wildman–Crippen LogP) is 0.858. The highest BCUT2D eigenvalue weighted by atomic mass is 16.5. The van der Waals surface area contributed by atoms with Crippen molar-refractivity contribution in [2.45, 2.75) is 38.3 Å². The third-order valence-electron chi connectivity index (χ3n) is 4.03. The molecule has 1 saturated heterocycles. The molecule has 1 atom stereocenters. The number of aromatic nitrogens is 2. The van der Waals surface area contributed by atoms with E-state index in [9.17, 15) is 4.79 Å². The first-order valence-electron chi connectivity index (χ1n) is 7.71. The van der Waals surface area contributed by atoms with E-state index in [1.165, 1.54) is 19.3 Å². The van der Waals surface area contributed by atoms with Gasteiger partial charge in [0, 0.05) is 39.4 Å². The molecule has 118 valence electrons. The van der Waals surface area contributed by atoms with Gasteiger partial charge >= 0.3 is 0 Å². The summed E-state index contributed by atoms with van der Waals surface area (Å²) in [6.07, 6.45) is 6.46. The number of hydrogen-bond acceptors (Lipinski definition) is 5. The van der Waals surface area contributed by atoms with E-state index >= 15 is 0 Å². The van der Waals surface area contributed by atoms with Crippen molar-refractivity contribution in [3.05, 3.63) is 22.6 Å². The van der Waals surface area contributed by atoms with E-state index in [2.05, 4.69) is 10.4 Å². The van der Waals surface area contributed by atoms with Crippen LogP contribution in [0.2, 0.25) is 0 Å². The molecule has 1 aliphatic heterocycles. The summed E-state index contributed by atoms with van der Waals surface area (Å²) >= 11 is 0. The summed E-state index contributed by atoms with van der Waals surface area (Å²) < 4.78 is 6.60. The second-order valence-electron chi connectivity index (χ2n) is 5.63. The van der Waals surface area contributed by atoms with Crippen LogP contribution >= 0.6 is 0 Å². The van der Waals surface area contributed by atoms with Gasteiger partial charge in [0.1, 0.15) is 0 Å². The van der Waals surface area contributed by atoms with Crippen LogP contribution in [-0.2, 0) is 11.3 Å². The zero-order chi connectivity index (χ0) is 15.1. The van der Waals surface area contributed by atoms with Gasteiger partial charge in [-0.3, -0.25) is 4.79 Å². The zero-order valence-electron chi connectivity index (χ0n) is 13.0. The quantitative estimate of drug-likeness (QED) is 0.808. The number of methoxy groups -OCH3 is 1. The first kappa shape index (κ1) is 16.0. The number of likely N-dealkylation sites (N-methyl/N-ethyl adjacent to an activating group) is 1. The molecular weight excluding hydrogens is 268 g/mol. The number of aryl methyl sites for hydroxylation is 1. The van der Waals surface area contributed by atoms with Crippen LogP contribution in [0.25, 0.3) is 0 Å². The molecule has 21 heavy (non-hydrogen) atoms. The van der Waals surface area contributed by atoms with E-state index in [1.54, 1.807) is 24.1 Å². The second-order valence-corrected chi connectivity index (χ2v) is 5.63. The van der Waals surface area contributed by atoms with Crippen molar-refractivity contribution in [3.63, 3.8) is 0 Å². The van der Waals surface area contributed by atoms with E-state index in [1.807, 2.05) is 11.9 Å². The molecule has 1 fully saturated rings. The van der Waals surface area contributed by atoms with Gasteiger partial charge in [-0.25, -0.2) is 4.68 Å². The fourth-order valence-corrected chi connectivity index (χ4v) is 2.61. The minimum atomic E-state index is -0.0347. The minimum Gasteiger partial charge on any atom is -0.383 e. The van der Waals surface area contributed by atoms with Crippen LogP contribution < -0.4 is 15.8 Å². The molecule has 1 unspecified atom stereocenters. The van der Waals surface area contributed by atoms with E-state index in [-0.39, 0.29) is 5.56 Å². The lowest BCUT2D eigenvalue weighted by atomic mass is 10.0. The average molecular weight is 294 g/mol. The van der Waals surface area contributed by atoms with E-state index < -0.39 is 0 Å². The summed E-state index contributed by atoms with van der Waals surface area (Å²) in [6, 6.07) is 2.17. The van der Waals surface area contributed by atoms with Crippen LogP contribution in [0.15, 0.2) is 17.1 Å². The molecule has 2 rings (SSSR count). The number of anilines is 1. The Hall–Kier alpha value is -1.40. The number of hydrogen-bond donors (Lipinski definition) is 1. The van der Waals surface area contributed by atoms with Crippen molar-refractivity contribution >= 4 is 5.69 Å². The molecule has 1 aromatic heterocycles. The molecule has 1 N–H and O–H groups in total. The summed E-state index contributed by atoms with van der Waals surface area (Å²) in [5.41, 5.74) is 0.802. The van der Waals surface area contributed by atoms with Gasteiger partial charge in [0.25, 0.3) is 5.56 Å². The zero-order valence-corrected chi connectivity index (χ0v) is 13.0. The highest BCUT2D eigenvalue weighted by molar-refractivity contribution is 5.41. The normalized spacial score (nSPS) is 18.7. The largest absolute Gasteiger partial charge is 0.383 e. The fraction of sp³-hybridized carbons (Fsp3) is 0.733. The van der Waals surface area contributed by atoms with E-state index in [0.717, 1.165) is 25.2 Å². The Bertz CT molecular complexity index is 483. The maximum Gasteiger partial charge on any atom is 0.268 e. The van der Waals surface area contributed by atoms with Crippen molar-refractivity contribution < 1.29 is 4.74 Å². The summed E-state index contributed by atoms with van der Waals surface area (Å²) in [6.45, 7) is 3.15. The van der Waals surface area contributed by atoms with Crippen LogP contribution in [0.5, 0.6) is 0 Å². The molecule has 0 spiro atoms. The summed E-state index contributed by atoms with van der Waals surface area (Å²) in [5.74, 6) is 0. The number of nitrogens with zero attached hydrogens (tertiary/aromatic N) is 3. The van der Waals surface area contributed by atoms with Gasteiger partial charge in [0.2, 0.25) is 0 Å². The third kappa shape index (κ3) is 4.82. The van der Waals surface area contributed by atoms with Crippen molar-refractivity contribution in [1.82, 2.24) is 15.1 Å². The number of piperidine rings is 1. The molecule has 6 nitrogen and oxygen atoms in total. The molecule has 1 aromatic rings. The predicted molar refractivity (Wildman–Crippen MR) is 83.9 cm³/mol. The number of nitrogens with one attached hydrogen (secondary N) is 1. The highest BCUT2D eigenvalue weighted by Crippen LogP contribution is 2.11. The standard InChI is InChI=1S/C15H26N4O2/c1-18(9-10-21-2)14-11-15(20)19(17-12-14)8-6-13-5-3-4-7-16-13/h11-13,16H,3-10H2,1-2H3. The molecule has 0 saturated carbocycles. The Morgan fingerprint density at radius 2 is 2.38 bits per heavy atom. The lowest BCUT2D eigenvalue weighted by Gasteiger charge is -2.23. The third-order valence-corrected chi connectivity index (χ3v) is 4.03. The number of rotatable bonds is 7.